The second kappa shape index (κ2) is 8.32. The smallest absolute Gasteiger partial charge is 0.416 e. The van der Waals surface area contributed by atoms with Gasteiger partial charge in [-0.25, -0.2) is 0 Å². The molecule has 0 fully saturated rings. The van der Waals surface area contributed by atoms with Crippen LogP contribution in [0.2, 0.25) is 0 Å². The largest absolute Gasteiger partial charge is 0.487 e. The third kappa shape index (κ3) is 5.47. The molecule has 0 spiro atoms. The fourth-order valence-corrected chi connectivity index (χ4v) is 2.11. The number of ether oxygens (including phenoxy) is 1. The molecule has 26 heavy (non-hydrogen) atoms. The topological polar surface area (TPSA) is 81.5 Å². The Balaban J connectivity index is 1.78. The van der Waals surface area contributed by atoms with Gasteiger partial charge >= 0.3 is 11.9 Å². The average Bonchev–Trinajstić information content (AvgIpc) is 2.58. The highest BCUT2D eigenvalue weighted by Gasteiger charge is 2.29. The van der Waals surface area contributed by atoms with Crippen molar-refractivity contribution in [1.29, 1.82) is 0 Å². The molecule has 0 bridgehead atoms. The summed E-state index contributed by atoms with van der Waals surface area (Å²) in [6.07, 6.45) is -4.08. The molecule has 1 amide bonds. The van der Waals surface area contributed by atoms with E-state index in [2.05, 4.69) is 5.32 Å². The lowest BCUT2D eigenvalue weighted by atomic mass is 10.2. The minimum atomic E-state index is -4.43. The lowest BCUT2D eigenvalue weighted by molar-refractivity contribution is -0.385. The first-order chi connectivity index (χ1) is 12.3. The molecule has 6 nitrogen and oxygen atoms in total. The van der Waals surface area contributed by atoms with Crippen molar-refractivity contribution in [3.63, 3.8) is 0 Å². The lowest BCUT2D eigenvalue weighted by Gasteiger charge is -2.09. The zero-order valence-electron chi connectivity index (χ0n) is 13.5. The Morgan fingerprint density at radius 3 is 2.38 bits per heavy atom. The lowest BCUT2D eigenvalue weighted by Crippen LogP contribution is -2.13. The molecule has 0 saturated carbocycles. The molecule has 0 atom stereocenters. The van der Waals surface area contributed by atoms with Gasteiger partial charge in [0.1, 0.15) is 0 Å². The molecule has 0 aromatic heterocycles. The number of hydrogen-bond acceptors (Lipinski definition) is 4. The third-order valence-electron chi connectivity index (χ3n) is 3.36. The maximum Gasteiger partial charge on any atom is 0.416 e. The summed E-state index contributed by atoms with van der Waals surface area (Å²) in [5.74, 6) is -0.281. The molecule has 138 valence electrons. The number of amides is 1. The number of hydrogen-bond donors (Lipinski definition) is 1. The summed E-state index contributed by atoms with van der Waals surface area (Å²) in [6.45, 7) is 0.0886. The highest BCUT2D eigenvalue weighted by molar-refractivity contribution is 5.90. The normalized spacial score (nSPS) is 11.0. The Labute approximate surface area is 146 Å². The van der Waals surface area contributed by atoms with Gasteiger partial charge in [0.2, 0.25) is 5.91 Å². The van der Waals surface area contributed by atoms with Gasteiger partial charge in [0.25, 0.3) is 0 Å². The van der Waals surface area contributed by atoms with Gasteiger partial charge in [-0.15, -0.1) is 0 Å². The molecule has 0 heterocycles. The van der Waals surface area contributed by atoms with Crippen LogP contribution < -0.4 is 10.1 Å². The van der Waals surface area contributed by atoms with Crippen LogP contribution in [0.25, 0.3) is 0 Å². The number of carbonyl (C=O) groups is 1. The second-order valence-electron chi connectivity index (χ2n) is 5.30. The van der Waals surface area contributed by atoms with Gasteiger partial charge in [-0.3, -0.25) is 14.9 Å². The van der Waals surface area contributed by atoms with Crippen molar-refractivity contribution in [3.05, 3.63) is 64.2 Å². The number of benzene rings is 2. The Hall–Kier alpha value is -3.10. The van der Waals surface area contributed by atoms with Crippen molar-refractivity contribution in [2.75, 3.05) is 11.9 Å². The van der Waals surface area contributed by atoms with Gasteiger partial charge in [0, 0.05) is 18.2 Å². The van der Waals surface area contributed by atoms with Gasteiger partial charge < -0.3 is 10.1 Å². The minimum absolute atomic E-state index is 0.0572. The van der Waals surface area contributed by atoms with Crippen molar-refractivity contribution in [3.8, 4) is 5.75 Å². The van der Waals surface area contributed by atoms with Crippen molar-refractivity contribution >= 4 is 17.3 Å². The van der Waals surface area contributed by atoms with E-state index >= 15 is 0 Å². The summed E-state index contributed by atoms with van der Waals surface area (Å²) in [7, 11) is 0. The first-order valence-electron chi connectivity index (χ1n) is 7.60. The van der Waals surface area contributed by atoms with Gasteiger partial charge in [-0.1, -0.05) is 12.1 Å². The van der Waals surface area contributed by atoms with Crippen LogP contribution in [0.15, 0.2) is 48.5 Å². The van der Waals surface area contributed by atoms with Gasteiger partial charge in [0.05, 0.1) is 17.1 Å². The quantitative estimate of drug-likeness (QED) is 0.446. The standard InChI is InChI=1S/C17H15F3N2O4/c18-17(19,20)12-7-9-13(10-8-12)21-16(23)6-3-11-26-15-5-2-1-4-14(15)22(24)25/h1-2,4-5,7-10H,3,6,11H2,(H,21,23). The first kappa shape index (κ1) is 19.2. The highest BCUT2D eigenvalue weighted by atomic mass is 19.4. The van der Waals surface area contributed by atoms with E-state index in [0.717, 1.165) is 12.1 Å². The molecule has 9 heteroatoms. The van der Waals surface area contributed by atoms with Crippen LogP contribution in [-0.4, -0.2) is 17.4 Å². The second-order valence-corrected chi connectivity index (χ2v) is 5.30. The SMILES string of the molecule is O=C(CCCOc1ccccc1[N+](=O)[O-])Nc1ccc(C(F)(F)F)cc1. The molecule has 2 aromatic rings. The van der Waals surface area contributed by atoms with E-state index < -0.39 is 22.6 Å². The molecule has 0 unspecified atom stereocenters. The summed E-state index contributed by atoms with van der Waals surface area (Å²) in [5, 5.41) is 13.3. The molecular formula is C17H15F3N2O4. The average molecular weight is 368 g/mol. The number of halogens is 3. The summed E-state index contributed by atoms with van der Waals surface area (Å²) < 4.78 is 42.7. The molecule has 1 N–H and O–H groups in total. The van der Waals surface area contributed by atoms with Crippen LogP contribution in [0.1, 0.15) is 18.4 Å². The van der Waals surface area contributed by atoms with E-state index in [4.69, 9.17) is 4.74 Å². The van der Waals surface area contributed by atoms with Gasteiger partial charge in [0.15, 0.2) is 5.75 Å². The first-order valence-corrected chi connectivity index (χ1v) is 7.60. The zero-order valence-corrected chi connectivity index (χ0v) is 13.5. The number of rotatable bonds is 7. The number of para-hydroxylation sites is 2. The molecule has 0 saturated heterocycles. The van der Waals surface area contributed by atoms with Crippen molar-refractivity contribution in [2.24, 2.45) is 0 Å². The number of anilines is 1. The van der Waals surface area contributed by atoms with E-state index in [1.165, 1.54) is 30.3 Å². The number of nitro groups is 1. The summed E-state index contributed by atoms with van der Waals surface area (Å²) in [5.41, 5.74) is -0.710. The molecule has 0 aliphatic carbocycles. The number of nitrogens with one attached hydrogen (secondary N) is 1. The monoisotopic (exact) mass is 368 g/mol. The Kier molecular flexibility index (Phi) is 6.16. The van der Waals surface area contributed by atoms with E-state index in [1.807, 2.05) is 0 Å². The molecule has 0 radical (unpaired) electrons. The van der Waals surface area contributed by atoms with Crippen LogP contribution in [-0.2, 0) is 11.0 Å². The Morgan fingerprint density at radius 2 is 1.77 bits per heavy atom. The van der Waals surface area contributed by atoms with Gasteiger partial charge in [-0.2, -0.15) is 13.2 Å². The van der Waals surface area contributed by atoms with E-state index in [-0.39, 0.29) is 30.2 Å². The van der Waals surface area contributed by atoms with Crippen molar-refractivity contribution < 1.29 is 27.6 Å². The predicted molar refractivity (Wildman–Crippen MR) is 87.9 cm³/mol. The van der Waals surface area contributed by atoms with Crippen LogP contribution in [0, 0.1) is 10.1 Å². The van der Waals surface area contributed by atoms with Crippen LogP contribution in [0.5, 0.6) is 5.75 Å². The van der Waals surface area contributed by atoms with Gasteiger partial charge in [-0.05, 0) is 36.8 Å². The third-order valence-corrected chi connectivity index (χ3v) is 3.36. The van der Waals surface area contributed by atoms with Crippen LogP contribution in [0.3, 0.4) is 0 Å². The predicted octanol–water partition coefficient (Wildman–Crippen LogP) is 4.41. The Bertz CT molecular complexity index is 776. The van der Waals surface area contributed by atoms with E-state index in [0.29, 0.717) is 6.42 Å². The van der Waals surface area contributed by atoms with Crippen molar-refractivity contribution in [2.45, 2.75) is 19.0 Å². The number of carbonyl (C=O) groups excluding carboxylic acids is 1. The molecule has 2 rings (SSSR count). The zero-order chi connectivity index (χ0) is 19.2. The fraction of sp³-hybridized carbons (Fsp3) is 0.235. The molecule has 0 aliphatic rings. The Morgan fingerprint density at radius 1 is 1.12 bits per heavy atom. The number of alkyl halides is 3. The summed E-state index contributed by atoms with van der Waals surface area (Å²) >= 11 is 0. The molecular weight excluding hydrogens is 353 g/mol. The van der Waals surface area contributed by atoms with E-state index in [9.17, 15) is 28.1 Å². The fourth-order valence-electron chi connectivity index (χ4n) is 2.11. The van der Waals surface area contributed by atoms with E-state index in [1.54, 1.807) is 6.07 Å². The minimum Gasteiger partial charge on any atom is -0.487 e. The van der Waals surface area contributed by atoms with Crippen LogP contribution in [0.4, 0.5) is 24.5 Å². The van der Waals surface area contributed by atoms with Crippen molar-refractivity contribution in [1.82, 2.24) is 0 Å². The number of nitrogens with zero attached hydrogens (tertiary/aromatic N) is 1. The summed E-state index contributed by atoms with van der Waals surface area (Å²) in [6, 6.07) is 9.99. The highest BCUT2D eigenvalue weighted by Crippen LogP contribution is 2.30. The maximum atomic E-state index is 12.5. The number of nitro benzene ring substituents is 1. The molecule has 0 aliphatic heterocycles. The molecule has 2 aromatic carbocycles. The van der Waals surface area contributed by atoms with Crippen LogP contribution >= 0.6 is 0 Å². The summed E-state index contributed by atoms with van der Waals surface area (Å²) in [4.78, 5) is 22.1. The maximum absolute atomic E-state index is 12.5.